The molecular weight excluding hydrogens is 513 g/mol. The third-order valence-electron chi connectivity index (χ3n) is 9.58. The molecule has 3 aromatic carbocycles. The van der Waals surface area contributed by atoms with Crippen LogP contribution in [0, 0.1) is 5.82 Å². The van der Waals surface area contributed by atoms with Gasteiger partial charge in [-0.1, -0.05) is 66.7 Å². The molecule has 0 spiro atoms. The molecule has 6 heteroatoms. The van der Waals surface area contributed by atoms with E-state index in [-0.39, 0.29) is 17.5 Å². The van der Waals surface area contributed by atoms with Crippen molar-refractivity contribution in [2.75, 3.05) is 39.3 Å². The lowest BCUT2D eigenvalue weighted by Gasteiger charge is -2.45. The van der Waals surface area contributed by atoms with Crippen molar-refractivity contribution >= 4 is 11.8 Å². The standard InChI is InChI=1S/C35H40FN3O2/c36-31-16-8-7-15-30(31)33(40)39-24-17-27-11-5-6-14-29(27)32(39)18-23-37-25-19-35(20-26-37,28-12-3-1-4-13-28)34(41)38-21-9-2-10-22-38/h1,3-8,11-16,32H,2,9-10,17-26H2. The van der Waals surface area contributed by atoms with Crippen LogP contribution in [0.5, 0.6) is 0 Å². The predicted octanol–water partition coefficient (Wildman–Crippen LogP) is 6.00. The van der Waals surface area contributed by atoms with Gasteiger partial charge in [0.2, 0.25) is 5.91 Å². The highest BCUT2D eigenvalue weighted by molar-refractivity contribution is 5.95. The fourth-order valence-electron chi connectivity index (χ4n) is 7.24. The summed E-state index contributed by atoms with van der Waals surface area (Å²) in [5, 5.41) is 0. The molecule has 6 rings (SSSR count). The molecule has 1 atom stereocenters. The van der Waals surface area contributed by atoms with Gasteiger partial charge in [-0.25, -0.2) is 4.39 Å². The van der Waals surface area contributed by atoms with E-state index in [2.05, 4.69) is 52.3 Å². The summed E-state index contributed by atoms with van der Waals surface area (Å²) in [7, 11) is 0. The molecule has 0 aromatic heterocycles. The Kier molecular flexibility index (Phi) is 8.20. The Hall–Kier alpha value is -3.51. The second-order valence-electron chi connectivity index (χ2n) is 11.9. The Morgan fingerprint density at radius 2 is 1.46 bits per heavy atom. The zero-order valence-corrected chi connectivity index (χ0v) is 23.8. The van der Waals surface area contributed by atoms with Crippen LogP contribution in [0.1, 0.15) is 71.6 Å². The second-order valence-corrected chi connectivity index (χ2v) is 11.9. The largest absolute Gasteiger partial charge is 0.342 e. The lowest BCUT2D eigenvalue weighted by Crippen LogP contribution is -2.54. The van der Waals surface area contributed by atoms with Crippen LogP contribution in [0.3, 0.4) is 0 Å². The maximum atomic E-state index is 14.6. The first-order valence-electron chi connectivity index (χ1n) is 15.3. The number of amides is 2. The maximum Gasteiger partial charge on any atom is 0.257 e. The molecular formula is C35H40FN3O2. The van der Waals surface area contributed by atoms with Gasteiger partial charge < -0.3 is 14.7 Å². The van der Waals surface area contributed by atoms with Gasteiger partial charge in [-0.15, -0.1) is 0 Å². The summed E-state index contributed by atoms with van der Waals surface area (Å²) in [4.78, 5) is 34.1. The van der Waals surface area contributed by atoms with Crippen molar-refractivity contribution in [3.63, 3.8) is 0 Å². The van der Waals surface area contributed by atoms with Crippen molar-refractivity contribution in [3.05, 3.63) is 107 Å². The van der Waals surface area contributed by atoms with Crippen molar-refractivity contribution < 1.29 is 14.0 Å². The Bertz CT molecular complexity index is 1360. The van der Waals surface area contributed by atoms with Gasteiger partial charge in [-0.2, -0.15) is 0 Å². The molecule has 3 aliphatic heterocycles. The van der Waals surface area contributed by atoms with E-state index in [9.17, 15) is 14.0 Å². The number of halogens is 1. The van der Waals surface area contributed by atoms with Crippen LogP contribution in [0.2, 0.25) is 0 Å². The van der Waals surface area contributed by atoms with Gasteiger partial charge in [0.15, 0.2) is 0 Å². The molecule has 0 bridgehead atoms. The molecule has 214 valence electrons. The highest BCUT2D eigenvalue weighted by Gasteiger charge is 2.45. The summed E-state index contributed by atoms with van der Waals surface area (Å²) in [6, 6.07) is 24.9. The van der Waals surface area contributed by atoms with Crippen molar-refractivity contribution in [2.24, 2.45) is 0 Å². The van der Waals surface area contributed by atoms with Crippen LogP contribution in [0.4, 0.5) is 4.39 Å². The van der Waals surface area contributed by atoms with E-state index in [0.717, 1.165) is 76.8 Å². The minimum atomic E-state index is -0.473. The van der Waals surface area contributed by atoms with E-state index in [1.165, 1.54) is 23.6 Å². The molecule has 0 saturated carbocycles. The van der Waals surface area contributed by atoms with Crippen LogP contribution in [0.15, 0.2) is 78.9 Å². The van der Waals surface area contributed by atoms with Crippen LogP contribution < -0.4 is 0 Å². The molecule has 3 aromatic rings. The number of hydrogen-bond acceptors (Lipinski definition) is 3. The predicted molar refractivity (Wildman–Crippen MR) is 159 cm³/mol. The topological polar surface area (TPSA) is 43.9 Å². The Morgan fingerprint density at radius 3 is 2.22 bits per heavy atom. The monoisotopic (exact) mass is 553 g/mol. The van der Waals surface area contributed by atoms with Gasteiger partial charge in [0.25, 0.3) is 5.91 Å². The zero-order chi connectivity index (χ0) is 28.2. The van der Waals surface area contributed by atoms with Gasteiger partial charge in [-0.3, -0.25) is 9.59 Å². The number of rotatable bonds is 6. The summed E-state index contributed by atoms with van der Waals surface area (Å²) in [5.74, 6) is -0.413. The molecule has 2 saturated heterocycles. The first-order valence-corrected chi connectivity index (χ1v) is 15.3. The number of carbonyl (C=O) groups excluding carboxylic acids is 2. The van der Waals surface area contributed by atoms with E-state index in [1.807, 2.05) is 17.0 Å². The van der Waals surface area contributed by atoms with Crippen LogP contribution in [-0.4, -0.2) is 65.8 Å². The number of piperidine rings is 2. The van der Waals surface area contributed by atoms with Gasteiger partial charge in [0.1, 0.15) is 5.82 Å². The lowest BCUT2D eigenvalue weighted by molar-refractivity contribution is -0.140. The molecule has 0 aliphatic carbocycles. The summed E-state index contributed by atoms with van der Waals surface area (Å²) < 4.78 is 14.6. The molecule has 3 heterocycles. The first-order chi connectivity index (χ1) is 20.1. The smallest absolute Gasteiger partial charge is 0.257 e. The third-order valence-corrected chi connectivity index (χ3v) is 9.58. The van der Waals surface area contributed by atoms with Crippen molar-refractivity contribution in [2.45, 2.75) is 56.4 Å². The molecule has 3 aliphatic rings. The highest BCUT2D eigenvalue weighted by atomic mass is 19.1. The quantitative estimate of drug-likeness (QED) is 0.376. The van der Waals surface area contributed by atoms with E-state index in [4.69, 9.17) is 0 Å². The number of hydrogen-bond donors (Lipinski definition) is 0. The minimum absolute atomic E-state index is 0.108. The normalized spacial score (nSPS) is 20.9. The molecule has 2 amide bonds. The fraction of sp³-hybridized carbons (Fsp3) is 0.429. The van der Waals surface area contributed by atoms with E-state index in [1.54, 1.807) is 18.2 Å². The molecule has 0 N–H and O–H groups in total. The number of nitrogens with zero attached hydrogens (tertiary/aromatic N) is 3. The Morgan fingerprint density at radius 1 is 0.780 bits per heavy atom. The molecule has 5 nitrogen and oxygen atoms in total. The van der Waals surface area contributed by atoms with Crippen molar-refractivity contribution in [3.8, 4) is 0 Å². The van der Waals surface area contributed by atoms with E-state index >= 15 is 0 Å². The summed E-state index contributed by atoms with van der Waals surface area (Å²) in [6.07, 6.45) is 6.53. The zero-order valence-electron chi connectivity index (χ0n) is 23.8. The van der Waals surface area contributed by atoms with Gasteiger partial charge in [-0.05, 0) is 86.9 Å². The maximum absolute atomic E-state index is 14.6. The Balaban J connectivity index is 1.19. The number of fused-ring (bicyclic) bond motifs is 1. The van der Waals surface area contributed by atoms with Crippen LogP contribution >= 0.6 is 0 Å². The Labute approximate surface area is 243 Å². The number of likely N-dealkylation sites (tertiary alicyclic amines) is 2. The van der Waals surface area contributed by atoms with Crippen LogP contribution in [-0.2, 0) is 16.6 Å². The summed E-state index contributed by atoms with van der Waals surface area (Å²) >= 11 is 0. The average molecular weight is 554 g/mol. The summed E-state index contributed by atoms with van der Waals surface area (Å²) in [6.45, 7) is 4.81. The SMILES string of the molecule is O=C(c1ccccc1F)N1CCc2ccccc2C1CCN1CCC(C(=O)N2CCCCC2)(c2ccccc2)CC1. The van der Waals surface area contributed by atoms with Gasteiger partial charge in [0.05, 0.1) is 17.0 Å². The van der Waals surface area contributed by atoms with Gasteiger partial charge in [0, 0.05) is 26.2 Å². The molecule has 2 fully saturated rings. The molecule has 1 unspecified atom stereocenters. The molecule has 41 heavy (non-hydrogen) atoms. The average Bonchev–Trinajstić information content (AvgIpc) is 3.04. The fourth-order valence-corrected chi connectivity index (χ4v) is 7.24. The van der Waals surface area contributed by atoms with Crippen LogP contribution in [0.25, 0.3) is 0 Å². The number of benzene rings is 3. The first kappa shape index (κ1) is 27.6. The number of carbonyl (C=O) groups is 2. The molecule has 0 radical (unpaired) electrons. The minimum Gasteiger partial charge on any atom is -0.342 e. The third kappa shape index (κ3) is 5.54. The van der Waals surface area contributed by atoms with E-state index < -0.39 is 11.2 Å². The van der Waals surface area contributed by atoms with E-state index in [0.29, 0.717) is 12.5 Å². The summed E-state index contributed by atoms with van der Waals surface area (Å²) in [5.41, 5.74) is 3.24. The second kappa shape index (κ2) is 12.2. The van der Waals surface area contributed by atoms with Crippen molar-refractivity contribution in [1.82, 2.24) is 14.7 Å². The lowest BCUT2D eigenvalue weighted by atomic mass is 9.71. The van der Waals surface area contributed by atoms with Crippen molar-refractivity contribution in [1.29, 1.82) is 0 Å². The van der Waals surface area contributed by atoms with Gasteiger partial charge >= 0.3 is 0 Å². The highest BCUT2D eigenvalue weighted by Crippen LogP contribution is 2.39.